The van der Waals surface area contributed by atoms with Crippen molar-refractivity contribution in [2.24, 2.45) is 5.10 Å². The van der Waals surface area contributed by atoms with Crippen LogP contribution in [0.25, 0.3) is 0 Å². The molecule has 1 aromatic heterocycles. The fraction of sp³-hybridized carbons (Fsp3) is 0.0435. The Morgan fingerprint density at radius 2 is 1.56 bits per heavy atom. The summed E-state index contributed by atoms with van der Waals surface area (Å²) in [4.78, 5) is 23.5. The van der Waals surface area contributed by atoms with Gasteiger partial charge in [-0.05, 0) is 35.4 Å². The van der Waals surface area contributed by atoms with Crippen molar-refractivity contribution >= 4 is 47.0 Å². The van der Waals surface area contributed by atoms with E-state index in [0.717, 1.165) is 11.1 Å². The Bertz CT molecular complexity index is 1280. The van der Waals surface area contributed by atoms with Crippen LogP contribution in [0, 0.1) is 10.1 Å². The molecule has 170 valence electrons. The highest BCUT2D eigenvalue weighted by molar-refractivity contribution is 6.30. The molecule has 0 saturated carbocycles. The lowest BCUT2D eigenvalue weighted by Crippen LogP contribution is -2.09. The van der Waals surface area contributed by atoms with E-state index in [-0.39, 0.29) is 17.6 Å². The molecular weight excluding hydrogens is 456 g/mol. The SMILES string of the molecule is O=[N+]([O-])c1ccc(Nc2nc(NCc3ccccc3)nc(N/N=C/c3ccc(Cl)cc3)n2)cc1. The van der Waals surface area contributed by atoms with Gasteiger partial charge in [0.15, 0.2) is 0 Å². The first-order valence-corrected chi connectivity index (χ1v) is 10.5. The first-order valence-electron chi connectivity index (χ1n) is 10.2. The molecule has 0 bridgehead atoms. The third-order valence-electron chi connectivity index (χ3n) is 4.51. The molecule has 4 aromatic rings. The van der Waals surface area contributed by atoms with Gasteiger partial charge in [-0.25, -0.2) is 5.43 Å². The van der Waals surface area contributed by atoms with Gasteiger partial charge in [-0.3, -0.25) is 10.1 Å². The Morgan fingerprint density at radius 3 is 2.26 bits per heavy atom. The monoisotopic (exact) mass is 474 g/mol. The number of nitrogens with zero attached hydrogens (tertiary/aromatic N) is 5. The zero-order chi connectivity index (χ0) is 23.8. The number of aromatic nitrogens is 3. The molecular formula is C23H19ClN8O2. The number of hydrogen-bond donors (Lipinski definition) is 3. The van der Waals surface area contributed by atoms with Crippen LogP contribution >= 0.6 is 11.6 Å². The highest BCUT2D eigenvalue weighted by atomic mass is 35.5. The molecule has 0 fully saturated rings. The molecule has 0 unspecified atom stereocenters. The number of nitrogens with one attached hydrogen (secondary N) is 3. The van der Waals surface area contributed by atoms with E-state index in [1.165, 1.54) is 12.1 Å². The van der Waals surface area contributed by atoms with Gasteiger partial charge in [0.25, 0.3) is 5.69 Å². The maximum atomic E-state index is 10.9. The molecule has 0 amide bonds. The molecule has 3 aromatic carbocycles. The lowest BCUT2D eigenvalue weighted by Gasteiger charge is -2.10. The highest BCUT2D eigenvalue weighted by Crippen LogP contribution is 2.20. The highest BCUT2D eigenvalue weighted by Gasteiger charge is 2.09. The zero-order valence-corrected chi connectivity index (χ0v) is 18.5. The summed E-state index contributed by atoms with van der Waals surface area (Å²) in [5, 5.41) is 21.9. The molecule has 0 spiro atoms. The van der Waals surface area contributed by atoms with Gasteiger partial charge in [-0.2, -0.15) is 20.1 Å². The molecule has 10 nitrogen and oxygen atoms in total. The number of rotatable bonds is 9. The molecule has 0 aliphatic carbocycles. The summed E-state index contributed by atoms with van der Waals surface area (Å²) in [5.41, 5.74) is 5.28. The van der Waals surface area contributed by atoms with E-state index in [1.54, 1.807) is 30.5 Å². The second-order valence-corrected chi connectivity index (χ2v) is 7.43. The maximum Gasteiger partial charge on any atom is 0.269 e. The van der Waals surface area contributed by atoms with E-state index in [2.05, 4.69) is 36.1 Å². The molecule has 0 atom stereocenters. The van der Waals surface area contributed by atoms with Gasteiger partial charge in [0.05, 0.1) is 11.1 Å². The summed E-state index contributed by atoms with van der Waals surface area (Å²) in [6.07, 6.45) is 1.61. The lowest BCUT2D eigenvalue weighted by molar-refractivity contribution is -0.384. The van der Waals surface area contributed by atoms with E-state index in [0.29, 0.717) is 23.2 Å². The van der Waals surface area contributed by atoms with Gasteiger partial charge >= 0.3 is 0 Å². The minimum absolute atomic E-state index is 0.00898. The van der Waals surface area contributed by atoms with Crippen LogP contribution in [-0.2, 0) is 6.54 Å². The maximum absolute atomic E-state index is 10.9. The van der Waals surface area contributed by atoms with Gasteiger partial charge in [0.2, 0.25) is 17.8 Å². The largest absolute Gasteiger partial charge is 0.350 e. The van der Waals surface area contributed by atoms with Crippen LogP contribution in [0.2, 0.25) is 5.02 Å². The van der Waals surface area contributed by atoms with E-state index in [4.69, 9.17) is 11.6 Å². The number of benzene rings is 3. The molecule has 34 heavy (non-hydrogen) atoms. The average molecular weight is 475 g/mol. The quantitative estimate of drug-likeness (QED) is 0.171. The Kier molecular flexibility index (Phi) is 7.21. The number of halogens is 1. The van der Waals surface area contributed by atoms with Crippen molar-refractivity contribution in [2.75, 3.05) is 16.1 Å². The van der Waals surface area contributed by atoms with E-state index in [1.807, 2.05) is 42.5 Å². The minimum Gasteiger partial charge on any atom is -0.350 e. The second-order valence-electron chi connectivity index (χ2n) is 7.00. The summed E-state index contributed by atoms with van der Waals surface area (Å²) >= 11 is 5.91. The van der Waals surface area contributed by atoms with Crippen molar-refractivity contribution in [2.45, 2.75) is 6.54 Å². The van der Waals surface area contributed by atoms with E-state index in [9.17, 15) is 10.1 Å². The number of nitro groups is 1. The zero-order valence-electron chi connectivity index (χ0n) is 17.7. The van der Waals surface area contributed by atoms with Crippen molar-refractivity contribution in [1.82, 2.24) is 15.0 Å². The van der Waals surface area contributed by atoms with Crippen molar-refractivity contribution < 1.29 is 4.92 Å². The Hall–Kier alpha value is -4.57. The summed E-state index contributed by atoms with van der Waals surface area (Å²) in [5.74, 6) is 0.774. The summed E-state index contributed by atoms with van der Waals surface area (Å²) < 4.78 is 0. The molecule has 0 aliphatic rings. The Morgan fingerprint density at radius 1 is 0.882 bits per heavy atom. The number of anilines is 4. The lowest BCUT2D eigenvalue weighted by atomic mass is 10.2. The summed E-state index contributed by atoms with van der Waals surface area (Å²) in [6.45, 7) is 0.509. The molecule has 3 N–H and O–H groups in total. The first-order chi connectivity index (χ1) is 16.5. The third-order valence-corrected chi connectivity index (χ3v) is 4.76. The fourth-order valence-electron chi connectivity index (χ4n) is 2.85. The van der Waals surface area contributed by atoms with Gasteiger partial charge in [0, 0.05) is 29.4 Å². The van der Waals surface area contributed by atoms with Crippen LogP contribution in [0.5, 0.6) is 0 Å². The van der Waals surface area contributed by atoms with Crippen molar-refractivity contribution in [3.8, 4) is 0 Å². The van der Waals surface area contributed by atoms with Crippen molar-refractivity contribution in [3.63, 3.8) is 0 Å². The molecule has 0 saturated heterocycles. The third kappa shape index (κ3) is 6.47. The molecule has 0 aliphatic heterocycles. The van der Waals surface area contributed by atoms with Crippen LogP contribution in [0.15, 0.2) is 84.0 Å². The van der Waals surface area contributed by atoms with Crippen LogP contribution in [0.3, 0.4) is 0 Å². The average Bonchev–Trinajstić information content (AvgIpc) is 2.85. The topological polar surface area (TPSA) is 130 Å². The van der Waals surface area contributed by atoms with E-state index < -0.39 is 4.92 Å². The van der Waals surface area contributed by atoms with Crippen LogP contribution in [0.1, 0.15) is 11.1 Å². The van der Waals surface area contributed by atoms with Crippen molar-refractivity contribution in [1.29, 1.82) is 0 Å². The van der Waals surface area contributed by atoms with Crippen LogP contribution in [-0.4, -0.2) is 26.1 Å². The Balaban J connectivity index is 1.53. The molecule has 11 heteroatoms. The van der Waals surface area contributed by atoms with Gasteiger partial charge in [0.1, 0.15) is 0 Å². The van der Waals surface area contributed by atoms with E-state index >= 15 is 0 Å². The molecule has 4 rings (SSSR count). The van der Waals surface area contributed by atoms with Gasteiger partial charge in [-0.1, -0.05) is 54.1 Å². The standard InChI is InChI=1S/C23H19ClN8O2/c24-18-8-6-17(7-9-18)15-26-31-23-29-21(25-14-16-4-2-1-3-5-16)28-22(30-23)27-19-10-12-20(13-11-19)32(33)34/h1-13,15H,14H2,(H3,25,27,28,29,30,31)/b26-15+. The number of nitro benzene ring substituents is 1. The molecule has 0 radical (unpaired) electrons. The summed E-state index contributed by atoms with van der Waals surface area (Å²) in [7, 11) is 0. The van der Waals surface area contributed by atoms with Gasteiger partial charge < -0.3 is 10.6 Å². The summed E-state index contributed by atoms with van der Waals surface area (Å²) in [6, 6.07) is 22.9. The van der Waals surface area contributed by atoms with Crippen molar-refractivity contribution in [3.05, 3.63) is 105 Å². The molecule has 1 heterocycles. The predicted molar refractivity (Wildman–Crippen MR) is 133 cm³/mol. The first kappa shape index (κ1) is 22.6. The second kappa shape index (κ2) is 10.8. The number of hydrogen-bond acceptors (Lipinski definition) is 9. The fourth-order valence-corrected chi connectivity index (χ4v) is 2.97. The van der Waals surface area contributed by atoms with Crippen LogP contribution in [0.4, 0.5) is 29.2 Å². The van der Waals surface area contributed by atoms with Gasteiger partial charge in [-0.15, -0.1) is 0 Å². The van der Waals surface area contributed by atoms with Crippen LogP contribution < -0.4 is 16.1 Å². The number of hydrazone groups is 1. The Labute approximate surface area is 199 Å². The minimum atomic E-state index is -0.459. The normalized spacial score (nSPS) is 10.7. The smallest absolute Gasteiger partial charge is 0.269 e. The predicted octanol–water partition coefficient (Wildman–Crippen LogP) is 5.23. The number of non-ortho nitro benzene ring substituents is 1.